The fourth-order valence-electron chi connectivity index (χ4n) is 2.64. The van der Waals surface area contributed by atoms with Gasteiger partial charge in [-0.25, -0.2) is 4.79 Å². The van der Waals surface area contributed by atoms with Crippen LogP contribution >= 0.6 is 15.9 Å². The molecule has 1 aromatic rings. The molecule has 5 heteroatoms. The van der Waals surface area contributed by atoms with Crippen molar-refractivity contribution >= 4 is 22.0 Å². The van der Waals surface area contributed by atoms with Crippen LogP contribution in [0.5, 0.6) is 0 Å². The number of hydrogen-bond acceptors (Lipinski definition) is 3. The van der Waals surface area contributed by atoms with Crippen molar-refractivity contribution < 1.29 is 9.53 Å². The van der Waals surface area contributed by atoms with E-state index < -0.39 is 5.60 Å². The molecule has 1 aliphatic rings. The summed E-state index contributed by atoms with van der Waals surface area (Å²) in [5, 5.41) is 3.60. The second kappa shape index (κ2) is 7.67. The highest BCUT2D eigenvalue weighted by Gasteiger charge is 2.26. The molecule has 2 rings (SSSR count). The van der Waals surface area contributed by atoms with Crippen molar-refractivity contribution in [3.63, 3.8) is 0 Å². The van der Waals surface area contributed by atoms with Gasteiger partial charge in [0.1, 0.15) is 5.60 Å². The van der Waals surface area contributed by atoms with Gasteiger partial charge < -0.3 is 15.0 Å². The number of amides is 1. The second-order valence-corrected chi connectivity index (χ2v) is 8.07. The maximum atomic E-state index is 12.1. The lowest BCUT2D eigenvalue weighted by Gasteiger charge is -2.33. The number of carbonyl (C=O) groups excluding carboxylic acids is 1. The summed E-state index contributed by atoms with van der Waals surface area (Å²) < 4.78 is 6.58. The van der Waals surface area contributed by atoms with E-state index in [1.165, 1.54) is 11.1 Å². The largest absolute Gasteiger partial charge is 0.444 e. The van der Waals surface area contributed by atoms with Crippen molar-refractivity contribution in [1.29, 1.82) is 0 Å². The molecule has 0 bridgehead atoms. The first-order chi connectivity index (χ1) is 10.7. The molecule has 23 heavy (non-hydrogen) atoms. The minimum atomic E-state index is -0.427. The van der Waals surface area contributed by atoms with Crippen molar-refractivity contribution in [2.45, 2.75) is 58.7 Å². The Morgan fingerprint density at radius 3 is 2.57 bits per heavy atom. The van der Waals surface area contributed by atoms with E-state index in [-0.39, 0.29) is 6.09 Å². The zero-order valence-corrected chi connectivity index (χ0v) is 16.1. The molecule has 4 nitrogen and oxygen atoms in total. The van der Waals surface area contributed by atoms with Gasteiger partial charge in [-0.3, -0.25) is 0 Å². The Kier molecular flexibility index (Phi) is 6.09. The molecule has 0 aromatic heterocycles. The molecule has 128 valence electrons. The Labute approximate surface area is 147 Å². The number of halogens is 1. The number of hydrogen-bond donors (Lipinski definition) is 1. The molecule has 0 radical (unpaired) electrons. The van der Waals surface area contributed by atoms with E-state index in [1.807, 2.05) is 25.7 Å². The average Bonchev–Trinajstić information content (AvgIpc) is 2.45. The zero-order chi connectivity index (χ0) is 17.0. The van der Waals surface area contributed by atoms with Gasteiger partial charge in [0.15, 0.2) is 0 Å². The summed E-state index contributed by atoms with van der Waals surface area (Å²) >= 11 is 3.62. The van der Waals surface area contributed by atoms with E-state index in [0.29, 0.717) is 6.04 Å². The first-order valence-corrected chi connectivity index (χ1v) is 9.00. The Morgan fingerprint density at radius 1 is 1.35 bits per heavy atom. The third kappa shape index (κ3) is 5.81. The van der Waals surface area contributed by atoms with Crippen LogP contribution in [0.4, 0.5) is 4.79 Å². The van der Waals surface area contributed by atoms with Crippen LogP contribution in [0.25, 0.3) is 0 Å². The third-order valence-electron chi connectivity index (χ3n) is 3.94. The van der Waals surface area contributed by atoms with Gasteiger partial charge in [0.2, 0.25) is 0 Å². The smallest absolute Gasteiger partial charge is 0.410 e. The van der Waals surface area contributed by atoms with Gasteiger partial charge in [0, 0.05) is 30.1 Å². The molecular weight excluding hydrogens is 356 g/mol. The van der Waals surface area contributed by atoms with Crippen molar-refractivity contribution in [3.8, 4) is 0 Å². The molecule has 0 unspecified atom stereocenters. The summed E-state index contributed by atoms with van der Waals surface area (Å²) in [6, 6.07) is 6.87. The van der Waals surface area contributed by atoms with Crippen LogP contribution < -0.4 is 5.32 Å². The van der Waals surface area contributed by atoms with E-state index in [0.717, 1.165) is 36.9 Å². The number of rotatable bonds is 3. The van der Waals surface area contributed by atoms with Crippen LogP contribution in [0.3, 0.4) is 0 Å². The van der Waals surface area contributed by atoms with E-state index in [2.05, 4.69) is 46.4 Å². The summed E-state index contributed by atoms with van der Waals surface area (Å²) in [6.07, 6.45) is 1.73. The van der Waals surface area contributed by atoms with Gasteiger partial charge in [-0.2, -0.15) is 0 Å². The lowest BCUT2D eigenvalue weighted by molar-refractivity contribution is 0.0198. The second-order valence-electron chi connectivity index (χ2n) is 7.22. The zero-order valence-electron chi connectivity index (χ0n) is 14.5. The standard InChI is InChI=1S/C18H27BrN2O2/c1-13-5-6-14(16(19)11-13)12-20-15-7-9-21(10-8-15)17(22)23-18(2,3)4/h5-6,11,15,20H,7-10,12H2,1-4H3. The van der Waals surface area contributed by atoms with Crippen LogP contribution in [0.2, 0.25) is 0 Å². The van der Waals surface area contributed by atoms with Crippen molar-refractivity contribution in [3.05, 3.63) is 33.8 Å². The van der Waals surface area contributed by atoms with Crippen LogP contribution in [-0.4, -0.2) is 35.7 Å². The molecular formula is C18H27BrN2O2. The fraction of sp³-hybridized carbons (Fsp3) is 0.611. The highest BCUT2D eigenvalue weighted by atomic mass is 79.9. The monoisotopic (exact) mass is 382 g/mol. The fourth-order valence-corrected chi connectivity index (χ4v) is 3.28. The lowest BCUT2D eigenvalue weighted by atomic mass is 10.0. The minimum absolute atomic E-state index is 0.197. The number of piperidine rings is 1. The number of nitrogens with zero attached hydrogens (tertiary/aromatic N) is 1. The highest BCUT2D eigenvalue weighted by Crippen LogP contribution is 2.20. The number of nitrogens with one attached hydrogen (secondary N) is 1. The molecule has 1 heterocycles. The Morgan fingerprint density at radius 2 is 2.00 bits per heavy atom. The van der Waals surface area contributed by atoms with Crippen molar-refractivity contribution in [2.75, 3.05) is 13.1 Å². The first-order valence-electron chi connectivity index (χ1n) is 8.21. The van der Waals surface area contributed by atoms with Gasteiger partial charge in [0.25, 0.3) is 0 Å². The molecule has 0 aliphatic carbocycles. The third-order valence-corrected chi connectivity index (χ3v) is 4.67. The predicted octanol–water partition coefficient (Wildman–Crippen LogP) is 4.25. The number of benzene rings is 1. The van der Waals surface area contributed by atoms with Crippen LogP contribution in [0.1, 0.15) is 44.7 Å². The molecule has 0 atom stereocenters. The summed E-state index contributed by atoms with van der Waals surface area (Å²) in [4.78, 5) is 13.9. The van der Waals surface area contributed by atoms with Crippen LogP contribution in [0, 0.1) is 6.92 Å². The number of ether oxygens (including phenoxy) is 1. The molecule has 1 N–H and O–H groups in total. The highest BCUT2D eigenvalue weighted by molar-refractivity contribution is 9.10. The summed E-state index contributed by atoms with van der Waals surface area (Å²) in [5.41, 5.74) is 2.10. The van der Waals surface area contributed by atoms with Gasteiger partial charge in [-0.1, -0.05) is 28.1 Å². The number of carbonyl (C=O) groups is 1. The first kappa shape index (κ1) is 18.3. The number of aryl methyl sites for hydroxylation is 1. The molecule has 1 aromatic carbocycles. The minimum Gasteiger partial charge on any atom is -0.444 e. The van der Waals surface area contributed by atoms with Gasteiger partial charge >= 0.3 is 6.09 Å². The Hall–Kier alpha value is -1.07. The molecule has 0 spiro atoms. The summed E-state index contributed by atoms with van der Waals surface area (Å²) in [6.45, 7) is 10.1. The molecule has 0 saturated carbocycles. The van der Waals surface area contributed by atoms with Crippen LogP contribution in [0.15, 0.2) is 22.7 Å². The Bertz CT molecular complexity index is 546. The molecule has 1 fully saturated rings. The molecule has 1 aliphatic heterocycles. The summed E-state index contributed by atoms with van der Waals surface area (Å²) in [7, 11) is 0. The van der Waals surface area contributed by atoms with Crippen molar-refractivity contribution in [1.82, 2.24) is 10.2 Å². The van der Waals surface area contributed by atoms with Crippen LogP contribution in [-0.2, 0) is 11.3 Å². The SMILES string of the molecule is Cc1ccc(CNC2CCN(C(=O)OC(C)(C)C)CC2)c(Br)c1. The van der Waals surface area contributed by atoms with Gasteiger partial charge in [-0.05, 0) is 57.7 Å². The lowest BCUT2D eigenvalue weighted by Crippen LogP contribution is -2.46. The summed E-state index contributed by atoms with van der Waals surface area (Å²) in [5.74, 6) is 0. The van der Waals surface area contributed by atoms with E-state index in [1.54, 1.807) is 0 Å². The topological polar surface area (TPSA) is 41.6 Å². The normalized spacial score (nSPS) is 16.5. The van der Waals surface area contributed by atoms with E-state index in [9.17, 15) is 4.79 Å². The predicted molar refractivity (Wildman–Crippen MR) is 96.5 cm³/mol. The molecule has 1 amide bonds. The van der Waals surface area contributed by atoms with Gasteiger partial charge in [0.05, 0.1) is 0 Å². The average molecular weight is 383 g/mol. The maximum Gasteiger partial charge on any atom is 0.410 e. The molecule has 1 saturated heterocycles. The van der Waals surface area contributed by atoms with Gasteiger partial charge in [-0.15, -0.1) is 0 Å². The van der Waals surface area contributed by atoms with E-state index >= 15 is 0 Å². The quantitative estimate of drug-likeness (QED) is 0.849. The Balaban J connectivity index is 1.77. The van der Waals surface area contributed by atoms with E-state index in [4.69, 9.17) is 4.74 Å². The number of likely N-dealkylation sites (tertiary alicyclic amines) is 1. The maximum absolute atomic E-state index is 12.1. The van der Waals surface area contributed by atoms with Crippen molar-refractivity contribution in [2.24, 2.45) is 0 Å².